The zero-order chi connectivity index (χ0) is 15.7. The second kappa shape index (κ2) is 9.31. The lowest BCUT2D eigenvalue weighted by Gasteiger charge is -2.20. The molecule has 0 bridgehead atoms. The molecule has 0 saturated heterocycles. The molecule has 0 aliphatic heterocycles. The van der Waals surface area contributed by atoms with Crippen LogP contribution in [0.5, 0.6) is 5.75 Å². The summed E-state index contributed by atoms with van der Waals surface area (Å²) in [6.45, 7) is 3.18. The van der Waals surface area contributed by atoms with Crippen LogP contribution in [0.15, 0.2) is 24.3 Å². The SMILES string of the molecule is CCOC(=O)CC(=S)N(C)c1ccc(OCCOC)cc1. The molecular weight excluding hydrogens is 290 g/mol. The summed E-state index contributed by atoms with van der Waals surface area (Å²) in [7, 11) is 3.45. The number of esters is 1. The summed E-state index contributed by atoms with van der Waals surface area (Å²) in [6, 6.07) is 7.49. The van der Waals surface area contributed by atoms with Crippen molar-refractivity contribution >= 4 is 28.9 Å². The predicted molar refractivity (Wildman–Crippen MR) is 86.1 cm³/mol. The first-order chi connectivity index (χ1) is 10.1. The summed E-state index contributed by atoms with van der Waals surface area (Å²) in [4.78, 5) is 13.7. The number of carbonyl (C=O) groups excluding carboxylic acids is 1. The lowest BCUT2D eigenvalue weighted by Crippen LogP contribution is -2.27. The van der Waals surface area contributed by atoms with Gasteiger partial charge in [-0.2, -0.15) is 0 Å². The fourth-order valence-corrected chi connectivity index (χ4v) is 1.83. The maximum atomic E-state index is 11.4. The monoisotopic (exact) mass is 311 g/mol. The highest BCUT2D eigenvalue weighted by molar-refractivity contribution is 7.80. The molecule has 1 aromatic rings. The first-order valence-corrected chi connectivity index (χ1v) is 7.13. The molecule has 0 radical (unpaired) electrons. The van der Waals surface area contributed by atoms with Crippen molar-refractivity contribution in [1.82, 2.24) is 0 Å². The van der Waals surface area contributed by atoms with Crippen LogP contribution in [0.1, 0.15) is 13.3 Å². The highest BCUT2D eigenvalue weighted by Gasteiger charge is 2.12. The van der Waals surface area contributed by atoms with E-state index in [1.165, 1.54) is 0 Å². The van der Waals surface area contributed by atoms with Gasteiger partial charge in [0.25, 0.3) is 0 Å². The van der Waals surface area contributed by atoms with Gasteiger partial charge >= 0.3 is 5.97 Å². The van der Waals surface area contributed by atoms with Gasteiger partial charge in [-0.1, -0.05) is 12.2 Å². The van der Waals surface area contributed by atoms with Crippen molar-refractivity contribution in [2.45, 2.75) is 13.3 Å². The Balaban J connectivity index is 2.55. The second-order valence-electron chi connectivity index (χ2n) is 4.27. The maximum Gasteiger partial charge on any atom is 0.312 e. The van der Waals surface area contributed by atoms with Crippen LogP contribution in [0.3, 0.4) is 0 Å². The Morgan fingerprint density at radius 2 is 1.90 bits per heavy atom. The predicted octanol–water partition coefficient (Wildman–Crippen LogP) is 2.43. The minimum Gasteiger partial charge on any atom is -0.491 e. The second-order valence-corrected chi connectivity index (χ2v) is 4.74. The Morgan fingerprint density at radius 3 is 2.48 bits per heavy atom. The molecule has 0 aromatic heterocycles. The average molecular weight is 311 g/mol. The average Bonchev–Trinajstić information content (AvgIpc) is 2.47. The van der Waals surface area contributed by atoms with Gasteiger partial charge in [0.1, 0.15) is 12.4 Å². The standard InChI is InChI=1S/C15H21NO4S/c1-4-19-15(17)11-14(21)16(2)12-5-7-13(8-6-12)20-10-9-18-3/h5-8H,4,9-11H2,1-3H3. The number of ether oxygens (including phenoxy) is 3. The van der Waals surface area contributed by atoms with Crippen LogP contribution in [0, 0.1) is 0 Å². The van der Waals surface area contributed by atoms with Gasteiger partial charge in [0.05, 0.1) is 24.6 Å². The fourth-order valence-electron chi connectivity index (χ4n) is 1.61. The summed E-state index contributed by atoms with van der Waals surface area (Å²) >= 11 is 5.25. The van der Waals surface area contributed by atoms with E-state index in [-0.39, 0.29) is 12.4 Å². The maximum absolute atomic E-state index is 11.4. The Morgan fingerprint density at radius 1 is 1.24 bits per heavy atom. The number of rotatable bonds is 8. The number of methoxy groups -OCH3 is 1. The van der Waals surface area contributed by atoms with Gasteiger partial charge < -0.3 is 19.1 Å². The number of nitrogens with zero attached hydrogens (tertiary/aromatic N) is 1. The Bertz CT molecular complexity index is 461. The number of benzene rings is 1. The van der Waals surface area contributed by atoms with E-state index < -0.39 is 0 Å². The van der Waals surface area contributed by atoms with Crippen LogP contribution in [-0.2, 0) is 14.3 Å². The van der Waals surface area contributed by atoms with E-state index >= 15 is 0 Å². The molecule has 0 amide bonds. The molecule has 1 rings (SSSR count). The molecular formula is C15H21NO4S. The molecule has 0 atom stereocenters. The van der Waals surface area contributed by atoms with Crippen LogP contribution in [0.25, 0.3) is 0 Å². The van der Waals surface area contributed by atoms with Crippen molar-refractivity contribution in [3.8, 4) is 5.75 Å². The van der Waals surface area contributed by atoms with Crippen LogP contribution in [-0.4, -0.2) is 44.9 Å². The molecule has 6 heteroatoms. The molecule has 0 aliphatic rings. The summed E-state index contributed by atoms with van der Waals surface area (Å²) in [5.41, 5.74) is 0.892. The lowest BCUT2D eigenvalue weighted by molar-refractivity contribution is -0.141. The number of hydrogen-bond donors (Lipinski definition) is 0. The van der Waals surface area contributed by atoms with Gasteiger partial charge in [-0.15, -0.1) is 0 Å². The number of carbonyl (C=O) groups is 1. The van der Waals surface area contributed by atoms with Gasteiger partial charge in [0.2, 0.25) is 0 Å². The van der Waals surface area contributed by atoms with Crippen molar-refractivity contribution in [1.29, 1.82) is 0 Å². The minimum absolute atomic E-state index is 0.103. The van der Waals surface area contributed by atoms with Crippen LogP contribution in [0.4, 0.5) is 5.69 Å². The van der Waals surface area contributed by atoms with Crippen LogP contribution >= 0.6 is 12.2 Å². The molecule has 0 fully saturated rings. The highest BCUT2D eigenvalue weighted by Crippen LogP contribution is 2.19. The quantitative estimate of drug-likeness (QED) is 0.417. The topological polar surface area (TPSA) is 48.0 Å². The fraction of sp³-hybridized carbons (Fsp3) is 0.467. The van der Waals surface area contributed by atoms with Gasteiger partial charge in [-0.3, -0.25) is 4.79 Å². The van der Waals surface area contributed by atoms with E-state index in [0.717, 1.165) is 11.4 Å². The van der Waals surface area contributed by atoms with E-state index in [1.54, 1.807) is 18.9 Å². The summed E-state index contributed by atoms with van der Waals surface area (Å²) in [6.07, 6.45) is 0.103. The molecule has 0 spiro atoms. The largest absolute Gasteiger partial charge is 0.491 e. The highest BCUT2D eigenvalue weighted by atomic mass is 32.1. The number of thiocarbonyl (C=S) groups is 1. The zero-order valence-electron chi connectivity index (χ0n) is 12.6. The van der Waals surface area contributed by atoms with Crippen molar-refractivity contribution in [2.24, 2.45) is 0 Å². The smallest absolute Gasteiger partial charge is 0.312 e. The summed E-state index contributed by atoms with van der Waals surface area (Å²) in [5.74, 6) is 0.453. The number of hydrogen-bond acceptors (Lipinski definition) is 5. The van der Waals surface area contributed by atoms with Crippen LogP contribution in [0.2, 0.25) is 0 Å². The van der Waals surface area contributed by atoms with Crippen molar-refractivity contribution < 1.29 is 19.0 Å². The normalized spacial score (nSPS) is 10.0. The van der Waals surface area contributed by atoms with Crippen LogP contribution < -0.4 is 9.64 Å². The minimum atomic E-state index is -0.311. The van der Waals surface area contributed by atoms with Crippen molar-refractivity contribution in [2.75, 3.05) is 38.9 Å². The molecule has 0 aliphatic carbocycles. The summed E-state index contributed by atoms with van der Waals surface area (Å²) < 4.78 is 15.3. The third-order valence-electron chi connectivity index (χ3n) is 2.76. The lowest BCUT2D eigenvalue weighted by atomic mass is 10.2. The molecule has 116 valence electrons. The Labute approximate surface area is 130 Å². The molecule has 1 aromatic carbocycles. The van der Waals surface area contributed by atoms with E-state index in [4.69, 9.17) is 26.4 Å². The Kier molecular flexibility index (Phi) is 7.71. The first-order valence-electron chi connectivity index (χ1n) is 6.72. The van der Waals surface area contributed by atoms with E-state index in [0.29, 0.717) is 24.8 Å². The molecule has 0 saturated carbocycles. The van der Waals surface area contributed by atoms with Gasteiger partial charge in [0.15, 0.2) is 0 Å². The van der Waals surface area contributed by atoms with Gasteiger partial charge in [-0.05, 0) is 31.2 Å². The number of anilines is 1. The zero-order valence-corrected chi connectivity index (χ0v) is 13.4. The third-order valence-corrected chi connectivity index (χ3v) is 3.17. The molecule has 0 heterocycles. The van der Waals surface area contributed by atoms with Gasteiger partial charge in [-0.25, -0.2) is 0 Å². The van der Waals surface area contributed by atoms with E-state index in [1.807, 2.05) is 31.3 Å². The molecule has 0 unspecified atom stereocenters. The van der Waals surface area contributed by atoms with Crippen molar-refractivity contribution in [3.05, 3.63) is 24.3 Å². The van der Waals surface area contributed by atoms with Crippen molar-refractivity contribution in [3.63, 3.8) is 0 Å². The third kappa shape index (κ3) is 6.10. The van der Waals surface area contributed by atoms with Gasteiger partial charge in [0, 0.05) is 19.8 Å². The molecule has 0 N–H and O–H groups in total. The Hall–Kier alpha value is -1.66. The van der Waals surface area contributed by atoms with E-state index in [2.05, 4.69) is 0 Å². The first kappa shape index (κ1) is 17.4. The molecule has 5 nitrogen and oxygen atoms in total. The summed E-state index contributed by atoms with van der Waals surface area (Å²) in [5, 5.41) is 0. The van der Waals surface area contributed by atoms with E-state index in [9.17, 15) is 4.79 Å². The molecule has 21 heavy (non-hydrogen) atoms.